The van der Waals surface area contributed by atoms with Gasteiger partial charge in [0.2, 0.25) is 0 Å². The Kier molecular flexibility index (Phi) is 16.8. The first-order valence-corrected chi connectivity index (χ1v) is 4.50. The second-order valence-electron chi connectivity index (χ2n) is 2.64. The van der Waals surface area contributed by atoms with Crippen LogP contribution in [0.3, 0.4) is 0 Å². The Hall–Kier alpha value is 0.736. The fourth-order valence-corrected chi connectivity index (χ4v) is 0.824. The molecule has 1 N–H and O–H groups in total. The molecule has 0 unspecified atom stereocenters. The van der Waals surface area contributed by atoms with Crippen LogP contribution in [0.25, 0.3) is 0 Å². The minimum absolute atomic E-state index is 0. The second kappa shape index (κ2) is 13.7. The SMILES string of the molecule is CCC(=O)CCCOCCN[C-]=O.[K+]. The van der Waals surface area contributed by atoms with Crippen molar-refractivity contribution in [2.45, 2.75) is 26.2 Å². The normalized spacial score (nSPS) is 8.93. The van der Waals surface area contributed by atoms with Crippen molar-refractivity contribution in [3.05, 3.63) is 0 Å². The van der Waals surface area contributed by atoms with Crippen LogP contribution in [-0.2, 0) is 14.3 Å². The molecule has 0 saturated heterocycles. The number of carbonyl (C=O) groups excluding carboxylic acids is 2. The van der Waals surface area contributed by atoms with Crippen molar-refractivity contribution >= 4 is 12.2 Å². The van der Waals surface area contributed by atoms with Crippen LogP contribution in [0.1, 0.15) is 26.2 Å². The quantitative estimate of drug-likeness (QED) is 0.203. The summed E-state index contributed by atoms with van der Waals surface area (Å²) < 4.78 is 5.14. The Balaban J connectivity index is 0. The van der Waals surface area contributed by atoms with Crippen molar-refractivity contribution in [3.63, 3.8) is 0 Å². The summed E-state index contributed by atoms with van der Waals surface area (Å²) in [5, 5.41) is 2.36. The van der Waals surface area contributed by atoms with E-state index >= 15 is 0 Å². The number of hydrogen-bond acceptors (Lipinski definition) is 3. The molecule has 0 saturated carbocycles. The maximum Gasteiger partial charge on any atom is 1.00 e. The zero-order chi connectivity index (χ0) is 9.94. The van der Waals surface area contributed by atoms with Gasteiger partial charge in [-0.3, -0.25) is 4.79 Å². The molecule has 0 fully saturated rings. The largest absolute Gasteiger partial charge is 1.00 e. The van der Waals surface area contributed by atoms with Crippen LogP contribution in [0.4, 0.5) is 0 Å². The standard InChI is InChI=1S/C9H16NO3.K/c1-2-9(12)4-3-6-13-7-5-10-8-11;/h2-7H2,1H3,(H,10,11);/q-1;+1. The molecule has 0 aliphatic rings. The molecule has 0 rings (SSSR count). The minimum atomic E-state index is 0. The Morgan fingerprint density at radius 2 is 2.14 bits per heavy atom. The number of ether oxygens (including phenoxy) is 1. The summed E-state index contributed by atoms with van der Waals surface area (Å²) in [6.45, 7) is 3.39. The smallest absolute Gasteiger partial charge is 0.528 e. The van der Waals surface area contributed by atoms with Crippen LogP contribution in [0.2, 0.25) is 0 Å². The van der Waals surface area contributed by atoms with Gasteiger partial charge in [-0.25, -0.2) is 0 Å². The predicted octanol–water partition coefficient (Wildman–Crippen LogP) is -2.58. The molecule has 0 spiro atoms. The number of hydrogen-bond donors (Lipinski definition) is 1. The third-order valence-corrected chi connectivity index (χ3v) is 1.58. The van der Waals surface area contributed by atoms with Gasteiger partial charge in [-0.15, -0.1) is 0 Å². The first kappa shape index (κ1) is 17.1. The van der Waals surface area contributed by atoms with E-state index < -0.39 is 0 Å². The predicted molar refractivity (Wildman–Crippen MR) is 49.0 cm³/mol. The van der Waals surface area contributed by atoms with E-state index in [1.165, 1.54) is 0 Å². The van der Waals surface area contributed by atoms with Gasteiger partial charge in [0.25, 0.3) is 0 Å². The zero-order valence-electron chi connectivity index (χ0n) is 8.97. The molecule has 0 bridgehead atoms. The molecule has 4 nitrogen and oxygen atoms in total. The molecule has 0 aliphatic heterocycles. The summed E-state index contributed by atoms with van der Waals surface area (Å²) in [4.78, 5) is 20.5. The second-order valence-corrected chi connectivity index (χ2v) is 2.64. The molecule has 76 valence electrons. The van der Waals surface area contributed by atoms with Gasteiger partial charge in [0, 0.05) is 26.0 Å². The molecule has 1 amide bonds. The van der Waals surface area contributed by atoms with Gasteiger partial charge >= 0.3 is 51.4 Å². The van der Waals surface area contributed by atoms with E-state index in [-0.39, 0.29) is 57.2 Å². The van der Waals surface area contributed by atoms with E-state index in [4.69, 9.17) is 4.74 Å². The van der Waals surface area contributed by atoms with Crippen LogP contribution in [-0.4, -0.2) is 32.0 Å². The first-order chi connectivity index (χ1) is 6.31. The van der Waals surface area contributed by atoms with E-state index in [1.807, 2.05) is 6.92 Å². The Labute approximate surface area is 128 Å². The van der Waals surface area contributed by atoms with Gasteiger partial charge in [0.1, 0.15) is 5.78 Å². The molecular formula is C9H16KNO3. The minimum Gasteiger partial charge on any atom is -0.528 e. The summed E-state index contributed by atoms with van der Waals surface area (Å²) in [6.07, 6.45) is 3.50. The monoisotopic (exact) mass is 225 g/mol. The fraction of sp³-hybridized carbons (Fsp3) is 0.778. The zero-order valence-corrected chi connectivity index (χ0v) is 12.1. The van der Waals surface area contributed by atoms with E-state index in [9.17, 15) is 9.59 Å². The summed E-state index contributed by atoms with van der Waals surface area (Å²) in [5.41, 5.74) is 0. The fourth-order valence-electron chi connectivity index (χ4n) is 0.824. The average Bonchev–Trinajstić information content (AvgIpc) is 2.16. The molecule has 14 heavy (non-hydrogen) atoms. The van der Waals surface area contributed by atoms with Crippen molar-refractivity contribution in [1.29, 1.82) is 0 Å². The molecule has 5 heteroatoms. The summed E-state index contributed by atoms with van der Waals surface area (Å²) >= 11 is 0. The van der Waals surface area contributed by atoms with Crippen molar-refractivity contribution in [1.82, 2.24) is 5.32 Å². The molecule has 0 atom stereocenters. The number of ketones is 1. The first-order valence-electron chi connectivity index (χ1n) is 4.50. The summed E-state index contributed by atoms with van der Waals surface area (Å²) in [7, 11) is 0. The Morgan fingerprint density at radius 1 is 1.43 bits per heavy atom. The number of Topliss-reactive ketones (excluding diaryl/α,β-unsaturated/α-hetero) is 1. The molecule has 0 aromatic rings. The van der Waals surface area contributed by atoms with Gasteiger partial charge in [0.05, 0.1) is 6.61 Å². The van der Waals surface area contributed by atoms with E-state index in [0.717, 1.165) is 6.42 Å². The number of amides is 1. The van der Waals surface area contributed by atoms with Crippen LogP contribution in [0, 0.1) is 0 Å². The number of carbonyl (C=O) groups is 1. The Morgan fingerprint density at radius 3 is 2.71 bits per heavy atom. The van der Waals surface area contributed by atoms with E-state index in [2.05, 4.69) is 5.32 Å². The molecule has 0 aromatic heterocycles. The molecule has 0 heterocycles. The van der Waals surface area contributed by atoms with Crippen molar-refractivity contribution < 1.29 is 65.7 Å². The maximum atomic E-state index is 10.8. The maximum absolute atomic E-state index is 10.8. The van der Waals surface area contributed by atoms with Gasteiger partial charge in [-0.2, -0.15) is 6.41 Å². The topological polar surface area (TPSA) is 55.4 Å². The van der Waals surface area contributed by atoms with Crippen LogP contribution >= 0.6 is 0 Å². The number of nitrogens with one attached hydrogen (secondary N) is 1. The number of rotatable bonds is 9. The summed E-state index contributed by atoms with van der Waals surface area (Å²) in [6, 6.07) is 0. The van der Waals surface area contributed by atoms with Crippen molar-refractivity contribution in [3.8, 4) is 0 Å². The van der Waals surface area contributed by atoms with Crippen LogP contribution in [0.15, 0.2) is 0 Å². The Bertz CT molecular complexity index is 153. The molecule has 0 aromatic carbocycles. The molecule has 0 aliphatic carbocycles. The van der Waals surface area contributed by atoms with Crippen molar-refractivity contribution in [2.24, 2.45) is 0 Å². The van der Waals surface area contributed by atoms with Gasteiger partial charge in [-0.05, 0) is 6.42 Å². The third kappa shape index (κ3) is 12.7. The summed E-state index contributed by atoms with van der Waals surface area (Å²) in [5.74, 6) is 0.267. The van der Waals surface area contributed by atoms with E-state index in [1.54, 1.807) is 6.41 Å². The van der Waals surface area contributed by atoms with Gasteiger partial charge in [-0.1, -0.05) is 6.92 Å². The van der Waals surface area contributed by atoms with Gasteiger partial charge in [0.15, 0.2) is 0 Å². The van der Waals surface area contributed by atoms with Crippen LogP contribution in [0.5, 0.6) is 0 Å². The van der Waals surface area contributed by atoms with Crippen LogP contribution < -0.4 is 56.7 Å². The average molecular weight is 225 g/mol. The molecular weight excluding hydrogens is 209 g/mol. The van der Waals surface area contributed by atoms with Gasteiger partial charge < -0.3 is 14.8 Å². The van der Waals surface area contributed by atoms with Crippen molar-refractivity contribution in [2.75, 3.05) is 19.8 Å². The van der Waals surface area contributed by atoms with E-state index in [0.29, 0.717) is 32.6 Å². The molecule has 0 radical (unpaired) electrons. The third-order valence-electron chi connectivity index (χ3n) is 1.58.